The summed E-state index contributed by atoms with van der Waals surface area (Å²) in [5, 5.41) is 2.86. The smallest absolute Gasteiger partial charge is 0.0194 e. The minimum absolute atomic E-state index is 1.08. The van der Waals surface area contributed by atoms with Crippen LogP contribution in [0.3, 0.4) is 0 Å². The molecule has 3 aromatic carbocycles. The van der Waals surface area contributed by atoms with Crippen LogP contribution in [0.15, 0.2) is 60.7 Å². The summed E-state index contributed by atoms with van der Waals surface area (Å²) in [4.78, 5) is 0. The van der Waals surface area contributed by atoms with E-state index in [0.717, 1.165) is 23.0 Å². The van der Waals surface area contributed by atoms with Crippen molar-refractivity contribution in [2.45, 2.75) is 23.0 Å². The van der Waals surface area contributed by atoms with Crippen LogP contribution >= 0.6 is 23.5 Å². The SMILES string of the molecule is c1cc2cc(c1)CSCc1ccc(c3ccccc13)CSC2. The van der Waals surface area contributed by atoms with E-state index in [1.165, 1.54) is 33.0 Å². The van der Waals surface area contributed by atoms with Gasteiger partial charge in [0.15, 0.2) is 0 Å². The van der Waals surface area contributed by atoms with E-state index < -0.39 is 0 Å². The van der Waals surface area contributed by atoms with Crippen LogP contribution in [0, 0.1) is 0 Å². The Morgan fingerprint density at radius 2 is 1.09 bits per heavy atom. The Bertz CT molecular complexity index is 744. The molecule has 0 nitrogen and oxygen atoms in total. The Hall–Kier alpha value is -1.38. The van der Waals surface area contributed by atoms with Crippen LogP contribution in [0.4, 0.5) is 0 Å². The second-order valence-electron chi connectivity index (χ2n) is 5.73. The van der Waals surface area contributed by atoms with Gasteiger partial charge in [-0.2, -0.15) is 23.5 Å². The lowest BCUT2D eigenvalue weighted by Crippen LogP contribution is -1.90. The number of fused-ring (bicyclic) bond motifs is 5. The summed E-state index contributed by atoms with van der Waals surface area (Å²) in [6, 6.07) is 22.6. The van der Waals surface area contributed by atoms with Crippen LogP contribution in [0.1, 0.15) is 22.3 Å². The standard InChI is InChI=1S/C20H18S2/c1-2-7-20-18-9-8-17(19(20)6-1)13-21-11-15-4-3-5-16(10-15)12-22-14-18/h1-10H,11-14H2. The fourth-order valence-corrected chi connectivity index (χ4v) is 5.02. The van der Waals surface area contributed by atoms with Gasteiger partial charge >= 0.3 is 0 Å². The van der Waals surface area contributed by atoms with Crippen molar-refractivity contribution in [2.24, 2.45) is 0 Å². The summed E-state index contributed by atoms with van der Waals surface area (Å²) in [5.41, 5.74) is 5.82. The lowest BCUT2D eigenvalue weighted by atomic mass is 10.0. The molecule has 0 spiro atoms. The summed E-state index contributed by atoms with van der Waals surface area (Å²) in [7, 11) is 0. The third kappa shape index (κ3) is 2.90. The molecule has 0 fully saturated rings. The van der Waals surface area contributed by atoms with Gasteiger partial charge in [0.1, 0.15) is 0 Å². The van der Waals surface area contributed by atoms with Crippen molar-refractivity contribution in [2.75, 3.05) is 0 Å². The van der Waals surface area contributed by atoms with Gasteiger partial charge in [-0.15, -0.1) is 0 Å². The van der Waals surface area contributed by atoms with Crippen LogP contribution in [-0.2, 0) is 23.0 Å². The molecule has 0 saturated carbocycles. The molecule has 0 aliphatic carbocycles. The molecule has 2 heteroatoms. The number of thioether (sulfide) groups is 2. The predicted octanol–water partition coefficient (Wildman–Crippen LogP) is 6.02. The molecule has 0 saturated heterocycles. The van der Waals surface area contributed by atoms with Crippen molar-refractivity contribution in [3.63, 3.8) is 0 Å². The molecule has 4 bridgehead atoms. The molecule has 0 aromatic heterocycles. The average Bonchev–Trinajstić information content (AvgIpc) is 2.58. The minimum atomic E-state index is 1.08. The maximum atomic E-state index is 2.37. The molecule has 110 valence electrons. The highest BCUT2D eigenvalue weighted by atomic mass is 32.2. The molecule has 3 aromatic rings. The highest BCUT2D eigenvalue weighted by molar-refractivity contribution is 7.98. The van der Waals surface area contributed by atoms with E-state index >= 15 is 0 Å². The topological polar surface area (TPSA) is 0 Å². The normalized spacial score (nSPS) is 15.1. The van der Waals surface area contributed by atoms with Gasteiger partial charge in [-0.3, -0.25) is 0 Å². The molecule has 0 unspecified atom stereocenters. The Kier molecular flexibility index (Phi) is 4.13. The van der Waals surface area contributed by atoms with E-state index in [4.69, 9.17) is 0 Å². The van der Waals surface area contributed by atoms with Crippen molar-refractivity contribution >= 4 is 34.3 Å². The van der Waals surface area contributed by atoms with Gasteiger partial charge in [-0.25, -0.2) is 0 Å². The zero-order valence-electron chi connectivity index (χ0n) is 12.4. The molecule has 0 radical (unpaired) electrons. The Morgan fingerprint density at radius 3 is 1.64 bits per heavy atom. The molecular weight excluding hydrogens is 304 g/mol. The highest BCUT2D eigenvalue weighted by Gasteiger charge is 2.08. The molecule has 2 aliphatic rings. The number of hydrogen-bond donors (Lipinski definition) is 0. The van der Waals surface area contributed by atoms with E-state index in [2.05, 4.69) is 60.7 Å². The average molecular weight is 322 g/mol. The van der Waals surface area contributed by atoms with Gasteiger partial charge in [0.05, 0.1) is 0 Å². The Labute approximate surface area is 140 Å². The summed E-state index contributed by atoms with van der Waals surface area (Å²) >= 11 is 4.03. The monoisotopic (exact) mass is 322 g/mol. The molecule has 2 heterocycles. The summed E-state index contributed by atoms with van der Waals surface area (Å²) in [6.45, 7) is 0. The molecule has 0 N–H and O–H groups in total. The minimum Gasteiger partial charge on any atom is -0.152 e. The second kappa shape index (κ2) is 6.39. The lowest BCUT2D eigenvalue weighted by Gasteiger charge is -2.10. The van der Waals surface area contributed by atoms with Crippen molar-refractivity contribution in [1.82, 2.24) is 0 Å². The van der Waals surface area contributed by atoms with Crippen molar-refractivity contribution in [3.05, 3.63) is 82.9 Å². The predicted molar refractivity (Wildman–Crippen MR) is 100 cm³/mol. The first-order chi connectivity index (χ1) is 10.9. The van der Waals surface area contributed by atoms with Crippen LogP contribution < -0.4 is 0 Å². The van der Waals surface area contributed by atoms with Crippen molar-refractivity contribution < 1.29 is 0 Å². The van der Waals surface area contributed by atoms with Gasteiger partial charge in [0, 0.05) is 23.0 Å². The van der Waals surface area contributed by atoms with E-state index in [1.54, 1.807) is 0 Å². The second-order valence-corrected chi connectivity index (χ2v) is 7.71. The van der Waals surface area contributed by atoms with E-state index in [1.807, 2.05) is 23.5 Å². The first-order valence-electron chi connectivity index (χ1n) is 7.63. The Balaban J connectivity index is 1.76. The van der Waals surface area contributed by atoms with Gasteiger partial charge in [-0.05, 0) is 33.0 Å². The first kappa shape index (κ1) is 14.2. The van der Waals surface area contributed by atoms with Crippen molar-refractivity contribution in [1.29, 1.82) is 0 Å². The maximum absolute atomic E-state index is 2.37. The van der Waals surface area contributed by atoms with Gasteiger partial charge in [0.2, 0.25) is 0 Å². The van der Waals surface area contributed by atoms with Gasteiger partial charge in [0.25, 0.3) is 0 Å². The van der Waals surface area contributed by atoms with E-state index in [0.29, 0.717) is 0 Å². The van der Waals surface area contributed by atoms with Gasteiger partial charge in [-0.1, -0.05) is 60.7 Å². The van der Waals surface area contributed by atoms with Crippen LogP contribution in [0.2, 0.25) is 0 Å². The fraction of sp³-hybridized carbons (Fsp3) is 0.200. The van der Waals surface area contributed by atoms with Crippen LogP contribution in [0.25, 0.3) is 10.8 Å². The number of rotatable bonds is 0. The quantitative estimate of drug-likeness (QED) is 0.496. The summed E-state index contributed by atoms with van der Waals surface area (Å²) < 4.78 is 0. The highest BCUT2D eigenvalue weighted by Crippen LogP contribution is 2.31. The summed E-state index contributed by atoms with van der Waals surface area (Å²) in [5.74, 6) is 4.35. The maximum Gasteiger partial charge on any atom is 0.0194 e. The molecule has 22 heavy (non-hydrogen) atoms. The van der Waals surface area contributed by atoms with E-state index in [-0.39, 0.29) is 0 Å². The van der Waals surface area contributed by atoms with Crippen molar-refractivity contribution in [3.8, 4) is 0 Å². The lowest BCUT2D eigenvalue weighted by molar-refractivity contribution is 1.32. The third-order valence-electron chi connectivity index (χ3n) is 4.15. The molecule has 5 rings (SSSR count). The van der Waals surface area contributed by atoms with Crippen LogP contribution in [-0.4, -0.2) is 0 Å². The largest absolute Gasteiger partial charge is 0.152 e. The molecular formula is C20H18S2. The Morgan fingerprint density at radius 1 is 0.545 bits per heavy atom. The zero-order chi connectivity index (χ0) is 14.8. The third-order valence-corrected chi connectivity index (χ3v) is 6.25. The van der Waals surface area contributed by atoms with Crippen LogP contribution in [0.5, 0.6) is 0 Å². The van der Waals surface area contributed by atoms with E-state index in [9.17, 15) is 0 Å². The van der Waals surface area contributed by atoms with Gasteiger partial charge < -0.3 is 0 Å². The first-order valence-corrected chi connectivity index (χ1v) is 9.94. The zero-order valence-corrected chi connectivity index (χ0v) is 14.1. The molecule has 2 aliphatic heterocycles. The fourth-order valence-electron chi connectivity index (χ4n) is 3.04. The molecule has 0 atom stereocenters. The number of hydrogen-bond acceptors (Lipinski definition) is 2. The molecule has 0 amide bonds. The summed E-state index contributed by atoms with van der Waals surface area (Å²) in [6.07, 6.45) is 0. The number of benzene rings is 3.